The van der Waals surface area contributed by atoms with Crippen LogP contribution in [-0.2, 0) is 19.2 Å². The highest BCUT2D eigenvalue weighted by Crippen LogP contribution is 2.21. The lowest BCUT2D eigenvalue weighted by molar-refractivity contribution is 0.369. The Bertz CT molecular complexity index is 446. The number of rotatable bonds is 10. The third-order valence-electron chi connectivity index (χ3n) is 2.76. The van der Waals surface area contributed by atoms with Crippen molar-refractivity contribution in [2.75, 3.05) is 0 Å². The van der Waals surface area contributed by atoms with Crippen molar-refractivity contribution in [3.63, 3.8) is 0 Å². The molecule has 0 N–H and O–H groups in total. The quantitative estimate of drug-likeness (QED) is 0.440. The Morgan fingerprint density at radius 3 is 1.70 bits per heavy atom. The van der Waals surface area contributed by atoms with Crippen LogP contribution in [0.3, 0.4) is 0 Å². The van der Waals surface area contributed by atoms with Gasteiger partial charge in [0.25, 0.3) is 0 Å². The summed E-state index contributed by atoms with van der Waals surface area (Å²) in [5, 5.41) is 0. The van der Waals surface area contributed by atoms with Crippen LogP contribution in [0.5, 0.6) is 0 Å². The van der Waals surface area contributed by atoms with E-state index in [0.717, 1.165) is 0 Å². The van der Waals surface area contributed by atoms with Gasteiger partial charge in [0.05, 0.1) is 0 Å². The maximum atomic E-state index is 10.3. The van der Waals surface area contributed by atoms with Crippen molar-refractivity contribution in [1.29, 1.82) is 0 Å². The highest BCUT2D eigenvalue weighted by molar-refractivity contribution is 5.37. The van der Waals surface area contributed by atoms with Gasteiger partial charge >= 0.3 is 0 Å². The summed E-state index contributed by atoms with van der Waals surface area (Å²) in [7, 11) is 0. The Kier molecular flexibility index (Phi) is 10.2. The van der Waals surface area contributed by atoms with Crippen molar-refractivity contribution < 1.29 is 19.2 Å². The Morgan fingerprint density at radius 1 is 0.800 bits per heavy atom. The Morgan fingerprint density at radius 2 is 1.30 bits per heavy atom. The van der Waals surface area contributed by atoms with Crippen LogP contribution in [0.4, 0.5) is 0 Å². The molecule has 20 heavy (non-hydrogen) atoms. The molecule has 8 heteroatoms. The second-order valence-corrected chi connectivity index (χ2v) is 3.88. The molecule has 0 heterocycles. The van der Waals surface area contributed by atoms with Crippen LogP contribution >= 0.6 is 0 Å². The summed E-state index contributed by atoms with van der Waals surface area (Å²) in [5.74, 6) is -0.140. The number of nitrogens with zero attached hydrogens (tertiary/aromatic N) is 4. The maximum absolute atomic E-state index is 10.3. The zero-order valence-electron chi connectivity index (χ0n) is 11.0. The number of carbonyl (C=O) groups excluding carboxylic acids is 4. The van der Waals surface area contributed by atoms with E-state index in [0.29, 0.717) is 25.7 Å². The average molecular weight is 278 g/mol. The van der Waals surface area contributed by atoms with Gasteiger partial charge in [-0.3, -0.25) is 0 Å². The molecule has 0 rings (SSSR count). The Balaban J connectivity index is 4.57. The molecule has 1 unspecified atom stereocenters. The zero-order chi connectivity index (χ0) is 15.2. The van der Waals surface area contributed by atoms with Gasteiger partial charge in [-0.2, -0.15) is 20.0 Å². The lowest BCUT2D eigenvalue weighted by atomic mass is 9.96. The van der Waals surface area contributed by atoms with E-state index < -0.39 is 12.3 Å². The second-order valence-electron chi connectivity index (χ2n) is 3.88. The monoisotopic (exact) mass is 278 g/mol. The molecule has 0 aliphatic carbocycles. The molecule has 0 fully saturated rings. The summed E-state index contributed by atoms with van der Waals surface area (Å²) in [4.78, 5) is 54.4. The summed E-state index contributed by atoms with van der Waals surface area (Å²) in [5.41, 5.74) is 0. The van der Waals surface area contributed by atoms with Gasteiger partial charge in [-0.15, -0.1) is 0 Å². The third kappa shape index (κ3) is 7.07. The molecule has 0 aromatic heterocycles. The van der Waals surface area contributed by atoms with Crippen LogP contribution in [0.15, 0.2) is 20.0 Å². The predicted octanol–water partition coefficient (Wildman–Crippen LogP) is 1.18. The first-order chi connectivity index (χ1) is 9.73. The molecule has 0 saturated heterocycles. The van der Waals surface area contributed by atoms with E-state index in [-0.39, 0.29) is 5.92 Å². The van der Waals surface area contributed by atoms with Crippen molar-refractivity contribution in [3.05, 3.63) is 0 Å². The van der Waals surface area contributed by atoms with Crippen molar-refractivity contribution in [1.82, 2.24) is 0 Å². The minimum absolute atomic E-state index is 0.140. The molecule has 0 aromatic carbocycles. The van der Waals surface area contributed by atoms with Crippen LogP contribution in [0.1, 0.15) is 32.6 Å². The van der Waals surface area contributed by atoms with Crippen LogP contribution in [0.2, 0.25) is 0 Å². The van der Waals surface area contributed by atoms with Gasteiger partial charge in [-0.25, -0.2) is 19.2 Å². The minimum atomic E-state index is -0.808. The van der Waals surface area contributed by atoms with E-state index in [1.54, 1.807) is 0 Å². The lowest BCUT2D eigenvalue weighted by Crippen LogP contribution is -2.16. The molecular formula is C12H14N4O4. The van der Waals surface area contributed by atoms with Gasteiger partial charge in [0.15, 0.2) is 12.3 Å². The van der Waals surface area contributed by atoms with Gasteiger partial charge in [0.1, 0.15) is 0 Å². The van der Waals surface area contributed by atoms with E-state index >= 15 is 0 Å². The summed E-state index contributed by atoms with van der Waals surface area (Å²) >= 11 is 0. The summed E-state index contributed by atoms with van der Waals surface area (Å²) in [6.07, 6.45) is 5.90. The molecule has 0 spiro atoms. The van der Waals surface area contributed by atoms with E-state index in [4.69, 9.17) is 0 Å². The fourth-order valence-corrected chi connectivity index (χ4v) is 1.75. The lowest BCUT2D eigenvalue weighted by Gasteiger charge is -2.17. The second kappa shape index (κ2) is 11.6. The first-order valence-corrected chi connectivity index (χ1v) is 6.01. The molecule has 0 radical (unpaired) electrons. The minimum Gasteiger partial charge on any atom is -0.211 e. The molecular weight excluding hydrogens is 264 g/mol. The highest BCUT2D eigenvalue weighted by atomic mass is 16.1. The van der Waals surface area contributed by atoms with Crippen LogP contribution in [0.25, 0.3) is 0 Å². The number of hydrogen-bond acceptors (Lipinski definition) is 8. The van der Waals surface area contributed by atoms with E-state index in [2.05, 4.69) is 20.0 Å². The SMILES string of the molecule is CCC(CCCC(N=C=O)N=C=O)C(N=C=O)N=C=O. The molecule has 0 amide bonds. The Hall–Kier alpha value is -2.48. The average Bonchev–Trinajstić information content (AvgIpc) is 2.44. The Labute approximate surface area is 115 Å². The van der Waals surface area contributed by atoms with Gasteiger partial charge in [-0.05, 0) is 25.7 Å². The molecule has 1 atom stereocenters. The molecule has 0 saturated carbocycles. The van der Waals surface area contributed by atoms with Gasteiger partial charge in [0, 0.05) is 5.92 Å². The standard InChI is InChI=1S/C12H14N4O4/c1-2-10(12(15-8-19)16-9-20)4-3-5-11(13-6-17)14-7-18/h10-12H,2-5H2,1H3. The first kappa shape index (κ1) is 17.5. The van der Waals surface area contributed by atoms with Gasteiger partial charge in [-0.1, -0.05) is 6.92 Å². The topological polar surface area (TPSA) is 118 Å². The zero-order valence-corrected chi connectivity index (χ0v) is 11.0. The maximum Gasteiger partial charge on any atom is 0.237 e. The van der Waals surface area contributed by atoms with Crippen LogP contribution in [-0.4, -0.2) is 36.7 Å². The molecule has 106 valence electrons. The van der Waals surface area contributed by atoms with Crippen molar-refractivity contribution in [2.45, 2.75) is 44.9 Å². The molecule has 0 aliphatic heterocycles. The summed E-state index contributed by atoms with van der Waals surface area (Å²) in [6.45, 7) is 1.86. The van der Waals surface area contributed by atoms with E-state index in [1.165, 1.54) is 24.3 Å². The van der Waals surface area contributed by atoms with E-state index in [9.17, 15) is 19.2 Å². The molecule has 0 aromatic rings. The molecule has 0 aliphatic rings. The van der Waals surface area contributed by atoms with Crippen molar-refractivity contribution in [3.8, 4) is 0 Å². The molecule has 0 bridgehead atoms. The first-order valence-electron chi connectivity index (χ1n) is 6.01. The summed E-state index contributed by atoms with van der Waals surface area (Å²) < 4.78 is 0. The van der Waals surface area contributed by atoms with Crippen LogP contribution < -0.4 is 0 Å². The highest BCUT2D eigenvalue weighted by Gasteiger charge is 2.19. The smallest absolute Gasteiger partial charge is 0.211 e. The van der Waals surface area contributed by atoms with Crippen molar-refractivity contribution >= 4 is 24.3 Å². The largest absolute Gasteiger partial charge is 0.237 e. The van der Waals surface area contributed by atoms with Crippen LogP contribution in [0, 0.1) is 5.92 Å². The van der Waals surface area contributed by atoms with Gasteiger partial charge in [0.2, 0.25) is 24.3 Å². The fourth-order valence-electron chi connectivity index (χ4n) is 1.75. The normalized spacial score (nSPS) is 13.4. The number of aliphatic imine (C=N–C) groups is 4. The summed E-state index contributed by atoms with van der Waals surface area (Å²) in [6, 6.07) is 0. The number of isocyanates is 4. The van der Waals surface area contributed by atoms with Gasteiger partial charge < -0.3 is 0 Å². The number of hydrogen-bond donors (Lipinski definition) is 0. The molecule has 8 nitrogen and oxygen atoms in total. The van der Waals surface area contributed by atoms with E-state index in [1.807, 2.05) is 6.92 Å². The third-order valence-corrected chi connectivity index (χ3v) is 2.76. The predicted molar refractivity (Wildman–Crippen MR) is 67.7 cm³/mol. The fraction of sp³-hybridized carbons (Fsp3) is 0.667. The van der Waals surface area contributed by atoms with Crippen molar-refractivity contribution in [2.24, 2.45) is 25.9 Å².